The fourth-order valence-corrected chi connectivity index (χ4v) is 3.08. The molecule has 0 aliphatic carbocycles. The first kappa shape index (κ1) is 18.2. The highest BCUT2D eigenvalue weighted by Crippen LogP contribution is 2.20. The summed E-state index contributed by atoms with van der Waals surface area (Å²) in [6.45, 7) is 5.06. The van der Waals surface area contributed by atoms with Crippen LogP contribution in [0.15, 0.2) is 16.7 Å². The Labute approximate surface area is 153 Å². The maximum absolute atomic E-state index is 12.5. The number of carbonyl (C=O) groups is 1. The van der Waals surface area contributed by atoms with Crippen molar-refractivity contribution in [1.29, 1.82) is 0 Å². The van der Waals surface area contributed by atoms with Crippen molar-refractivity contribution in [3.8, 4) is 5.88 Å². The predicted octanol–water partition coefficient (Wildman–Crippen LogP) is 1.76. The molecule has 8 nitrogen and oxygen atoms in total. The molecule has 0 radical (unpaired) electrons. The topological polar surface area (TPSA) is 84.6 Å². The van der Waals surface area contributed by atoms with E-state index in [0.717, 1.165) is 29.3 Å². The number of hydrogen-bond donors (Lipinski definition) is 0. The molecule has 1 aliphatic heterocycles. The standard InChI is InChI=1S/C18H25N5O3/c1-12-15(13(2)26-21-12)5-8-18(24)23-10-9-14(11-23)25-17-7-6-16(19-20-17)22(3)4/h6-7,14H,5,8-11H2,1-4H3. The van der Waals surface area contributed by atoms with Gasteiger partial charge in [0.25, 0.3) is 0 Å². The average molecular weight is 359 g/mol. The summed E-state index contributed by atoms with van der Waals surface area (Å²) in [4.78, 5) is 16.2. The molecule has 140 valence electrons. The molecule has 26 heavy (non-hydrogen) atoms. The number of anilines is 1. The normalized spacial score (nSPS) is 16.8. The second kappa shape index (κ2) is 7.72. The van der Waals surface area contributed by atoms with Crippen molar-refractivity contribution in [2.24, 2.45) is 0 Å². The van der Waals surface area contributed by atoms with E-state index in [1.54, 1.807) is 0 Å². The van der Waals surface area contributed by atoms with Crippen LogP contribution in [-0.2, 0) is 11.2 Å². The first-order chi connectivity index (χ1) is 12.4. The van der Waals surface area contributed by atoms with E-state index in [4.69, 9.17) is 9.26 Å². The Bertz CT molecular complexity index is 737. The van der Waals surface area contributed by atoms with E-state index in [1.165, 1.54) is 0 Å². The Kier molecular flexibility index (Phi) is 5.39. The molecule has 3 rings (SSSR count). The molecule has 0 saturated carbocycles. The molecule has 1 aliphatic rings. The van der Waals surface area contributed by atoms with Crippen LogP contribution in [0.5, 0.6) is 5.88 Å². The number of rotatable bonds is 6. The van der Waals surface area contributed by atoms with Crippen molar-refractivity contribution in [1.82, 2.24) is 20.3 Å². The van der Waals surface area contributed by atoms with E-state index < -0.39 is 0 Å². The second-order valence-electron chi connectivity index (χ2n) is 6.80. The van der Waals surface area contributed by atoms with E-state index in [9.17, 15) is 4.79 Å². The maximum atomic E-state index is 12.5. The van der Waals surface area contributed by atoms with E-state index in [0.29, 0.717) is 31.8 Å². The fraction of sp³-hybridized carbons (Fsp3) is 0.556. The average Bonchev–Trinajstić information content (AvgIpc) is 3.20. The van der Waals surface area contributed by atoms with E-state index >= 15 is 0 Å². The van der Waals surface area contributed by atoms with E-state index in [-0.39, 0.29) is 12.0 Å². The predicted molar refractivity (Wildman–Crippen MR) is 96.3 cm³/mol. The van der Waals surface area contributed by atoms with Crippen LogP contribution < -0.4 is 9.64 Å². The van der Waals surface area contributed by atoms with Gasteiger partial charge >= 0.3 is 0 Å². The van der Waals surface area contributed by atoms with Crippen molar-refractivity contribution in [3.63, 3.8) is 0 Å². The maximum Gasteiger partial charge on any atom is 0.233 e. The third kappa shape index (κ3) is 4.12. The molecule has 2 aromatic rings. The highest BCUT2D eigenvalue weighted by molar-refractivity contribution is 5.76. The summed E-state index contributed by atoms with van der Waals surface area (Å²) in [5.41, 5.74) is 1.89. The lowest BCUT2D eigenvalue weighted by molar-refractivity contribution is -0.130. The third-order valence-electron chi connectivity index (χ3n) is 4.64. The summed E-state index contributed by atoms with van der Waals surface area (Å²) >= 11 is 0. The molecule has 1 atom stereocenters. The number of aryl methyl sites for hydroxylation is 2. The van der Waals surface area contributed by atoms with Gasteiger partial charge in [-0.25, -0.2) is 0 Å². The number of carbonyl (C=O) groups excluding carboxylic acids is 1. The SMILES string of the molecule is Cc1noc(C)c1CCC(=O)N1CCC(Oc2ccc(N(C)C)nn2)C1. The van der Waals surface area contributed by atoms with Crippen molar-refractivity contribution in [2.75, 3.05) is 32.1 Å². The molecular weight excluding hydrogens is 334 g/mol. The molecule has 1 amide bonds. The molecule has 1 saturated heterocycles. The minimum Gasteiger partial charge on any atom is -0.471 e. The monoisotopic (exact) mass is 359 g/mol. The van der Waals surface area contributed by atoms with Crippen LogP contribution >= 0.6 is 0 Å². The zero-order chi connectivity index (χ0) is 18.7. The molecule has 8 heteroatoms. The van der Waals surface area contributed by atoms with Crippen molar-refractivity contribution in [3.05, 3.63) is 29.2 Å². The molecule has 1 fully saturated rings. The van der Waals surface area contributed by atoms with Gasteiger partial charge in [-0.3, -0.25) is 4.79 Å². The Morgan fingerprint density at radius 2 is 2.15 bits per heavy atom. The summed E-state index contributed by atoms with van der Waals surface area (Å²) in [6.07, 6.45) is 1.86. The fourth-order valence-electron chi connectivity index (χ4n) is 3.08. The highest BCUT2D eigenvalue weighted by atomic mass is 16.5. The van der Waals surface area contributed by atoms with Gasteiger partial charge < -0.3 is 19.1 Å². The Balaban J connectivity index is 1.49. The molecule has 0 spiro atoms. The van der Waals surface area contributed by atoms with Gasteiger partial charge in [0.2, 0.25) is 11.8 Å². The highest BCUT2D eigenvalue weighted by Gasteiger charge is 2.28. The molecular formula is C18H25N5O3. The Morgan fingerprint density at radius 3 is 2.77 bits per heavy atom. The van der Waals surface area contributed by atoms with E-state index in [2.05, 4.69) is 15.4 Å². The van der Waals surface area contributed by atoms with Crippen molar-refractivity contribution >= 4 is 11.7 Å². The molecule has 0 aromatic carbocycles. The van der Waals surface area contributed by atoms with E-state index in [1.807, 2.05) is 49.9 Å². The van der Waals surface area contributed by atoms with Crippen LogP contribution in [0.3, 0.4) is 0 Å². The lowest BCUT2D eigenvalue weighted by Crippen LogP contribution is -2.31. The van der Waals surface area contributed by atoms with Crippen LogP contribution in [0.4, 0.5) is 5.82 Å². The molecule has 0 bridgehead atoms. The Morgan fingerprint density at radius 1 is 1.35 bits per heavy atom. The van der Waals surface area contributed by atoms with Gasteiger partial charge in [-0.2, -0.15) is 0 Å². The van der Waals surface area contributed by atoms with Crippen LogP contribution in [0.2, 0.25) is 0 Å². The third-order valence-corrected chi connectivity index (χ3v) is 4.64. The first-order valence-corrected chi connectivity index (χ1v) is 8.81. The van der Waals surface area contributed by atoms with Crippen LogP contribution in [0.1, 0.15) is 29.9 Å². The summed E-state index contributed by atoms with van der Waals surface area (Å²) in [6, 6.07) is 3.67. The van der Waals surface area contributed by atoms with Crippen LogP contribution in [0.25, 0.3) is 0 Å². The van der Waals surface area contributed by atoms with Gasteiger partial charge in [-0.15, -0.1) is 10.2 Å². The molecule has 1 unspecified atom stereocenters. The van der Waals surface area contributed by atoms with Gasteiger partial charge in [-0.1, -0.05) is 5.16 Å². The smallest absolute Gasteiger partial charge is 0.233 e. The molecule has 0 N–H and O–H groups in total. The Hall–Kier alpha value is -2.64. The summed E-state index contributed by atoms with van der Waals surface area (Å²) in [7, 11) is 3.82. The lowest BCUT2D eigenvalue weighted by Gasteiger charge is -2.17. The van der Waals surface area contributed by atoms with Gasteiger partial charge in [0.1, 0.15) is 11.9 Å². The van der Waals surface area contributed by atoms with Gasteiger partial charge in [-0.05, 0) is 26.3 Å². The number of nitrogens with zero attached hydrogens (tertiary/aromatic N) is 5. The summed E-state index contributed by atoms with van der Waals surface area (Å²) in [5.74, 6) is 2.19. The van der Waals surface area contributed by atoms with Crippen LogP contribution in [-0.4, -0.2) is 59.4 Å². The van der Waals surface area contributed by atoms with Crippen molar-refractivity contribution < 1.29 is 14.1 Å². The van der Waals surface area contributed by atoms with Gasteiger partial charge in [0.05, 0.1) is 12.2 Å². The largest absolute Gasteiger partial charge is 0.471 e. The minimum absolute atomic E-state index is 0.0440. The number of aromatic nitrogens is 3. The number of likely N-dealkylation sites (tertiary alicyclic amines) is 1. The first-order valence-electron chi connectivity index (χ1n) is 8.81. The molecule has 2 aromatic heterocycles. The quantitative estimate of drug-likeness (QED) is 0.777. The van der Waals surface area contributed by atoms with Crippen molar-refractivity contribution in [2.45, 2.75) is 39.2 Å². The zero-order valence-electron chi connectivity index (χ0n) is 15.7. The van der Waals surface area contributed by atoms with Gasteiger partial charge in [0.15, 0.2) is 5.82 Å². The molecule has 3 heterocycles. The number of hydrogen-bond acceptors (Lipinski definition) is 7. The zero-order valence-corrected chi connectivity index (χ0v) is 15.7. The number of amides is 1. The lowest BCUT2D eigenvalue weighted by atomic mass is 10.1. The summed E-state index contributed by atoms with van der Waals surface area (Å²) < 4.78 is 11.0. The number of ether oxygens (including phenoxy) is 1. The van der Waals surface area contributed by atoms with Crippen LogP contribution in [0, 0.1) is 13.8 Å². The summed E-state index contributed by atoms with van der Waals surface area (Å²) in [5, 5.41) is 12.1. The van der Waals surface area contributed by atoms with Gasteiger partial charge in [0, 0.05) is 45.1 Å². The second-order valence-corrected chi connectivity index (χ2v) is 6.80. The minimum atomic E-state index is -0.0440.